The lowest BCUT2D eigenvalue weighted by Crippen LogP contribution is -2.20. The molecule has 2 heterocycles. The normalized spacial score (nSPS) is 15.0. The summed E-state index contributed by atoms with van der Waals surface area (Å²) < 4.78 is 6.29. The van der Waals surface area contributed by atoms with E-state index in [0.29, 0.717) is 5.92 Å². The van der Waals surface area contributed by atoms with E-state index in [1.807, 2.05) is 12.3 Å². The molecule has 0 spiro atoms. The van der Waals surface area contributed by atoms with Crippen molar-refractivity contribution in [1.82, 2.24) is 4.98 Å². The minimum absolute atomic E-state index is 0.0316. The van der Waals surface area contributed by atoms with Crippen molar-refractivity contribution in [3.63, 3.8) is 0 Å². The second-order valence-corrected chi connectivity index (χ2v) is 5.30. The maximum Gasteiger partial charge on any atom is 0.0809 e. The smallest absolute Gasteiger partial charge is 0.0809 e. The Morgan fingerprint density at radius 3 is 3.12 bits per heavy atom. The second kappa shape index (κ2) is 5.58. The van der Waals surface area contributed by atoms with Crippen LogP contribution in [-0.2, 0) is 4.74 Å². The summed E-state index contributed by atoms with van der Waals surface area (Å²) in [5.74, 6) is 0.397. The molecule has 0 amide bonds. The number of fused-ring (bicyclic) bond motifs is 1. The van der Waals surface area contributed by atoms with Gasteiger partial charge in [0.2, 0.25) is 0 Å². The molecule has 0 fully saturated rings. The molecule has 3 nitrogen and oxygen atoms in total. The van der Waals surface area contributed by atoms with Crippen LogP contribution in [0.15, 0.2) is 23.7 Å². The average Bonchev–Trinajstić information content (AvgIpc) is 2.81. The molecule has 92 valence electrons. The van der Waals surface area contributed by atoms with Crippen LogP contribution >= 0.6 is 11.3 Å². The second-order valence-electron chi connectivity index (χ2n) is 4.36. The van der Waals surface area contributed by atoms with Gasteiger partial charge in [0.25, 0.3) is 0 Å². The molecule has 0 radical (unpaired) electrons. The van der Waals surface area contributed by atoms with Gasteiger partial charge in [-0.1, -0.05) is 6.92 Å². The summed E-state index contributed by atoms with van der Waals surface area (Å²) >= 11 is 1.71. The van der Waals surface area contributed by atoms with Gasteiger partial charge in [0.05, 0.1) is 10.2 Å². The zero-order valence-corrected chi connectivity index (χ0v) is 11.0. The van der Waals surface area contributed by atoms with Gasteiger partial charge < -0.3 is 10.5 Å². The number of nitrogens with zero attached hydrogens (tertiary/aromatic N) is 1. The van der Waals surface area contributed by atoms with Crippen molar-refractivity contribution in [1.29, 1.82) is 0 Å². The lowest BCUT2D eigenvalue weighted by molar-refractivity contribution is 0.174. The summed E-state index contributed by atoms with van der Waals surface area (Å²) in [4.78, 5) is 4.42. The van der Waals surface area contributed by atoms with Crippen LogP contribution in [0.1, 0.15) is 24.9 Å². The van der Waals surface area contributed by atoms with Gasteiger partial charge in [0.1, 0.15) is 0 Å². The van der Waals surface area contributed by atoms with Crippen molar-refractivity contribution in [3.8, 4) is 0 Å². The van der Waals surface area contributed by atoms with E-state index >= 15 is 0 Å². The Kier molecular flexibility index (Phi) is 4.10. The van der Waals surface area contributed by atoms with Gasteiger partial charge in [-0.15, -0.1) is 11.3 Å². The highest BCUT2D eigenvalue weighted by molar-refractivity contribution is 7.17. The number of rotatable bonds is 5. The summed E-state index contributed by atoms with van der Waals surface area (Å²) in [6.45, 7) is 2.91. The number of methoxy groups -OCH3 is 1. The molecule has 2 unspecified atom stereocenters. The number of thiophene rings is 1. The van der Waals surface area contributed by atoms with Gasteiger partial charge in [-0.3, -0.25) is 4.98 Å². The van der Waals surface area contributed by atoms with Crippen molar-refractivity contribution in [2.45, 2.75) is 19.4 Å². The Hall–Kier alpha value is -0.970. The highest BCUT2D eigenvalue weighted by Crippen LogP contribution is 2.26. The molecule has 0 aliphatic rings. The van der Waals surface area contributed by atoms with Gasteiger partial charge in [-0.25, -0.2) is 0 Å². The van der Waals surface area contributed by atoms with Crippen LogP contribution in [0.25, 0.3) is 10.2 Å². The van der Waals surface area contributed by atoms with Gasteiger partial charge in [0, 0.05) is 26.0 Å². The number of aromatic nitrogens is 1. The van der Waals surface area contributed by atoms with Gasteiger partial charge in [0.15, 0.2) is 0 Å². The summed E-state index contributed by atoms with van der Waals surface area (Å²) in [5.41, 5.74) is 8.41. The molecule has 2 aromatic heterocycles. The van der Waals surface area contributed by atoms with E-state index < -0.39 is 0 Å². The van der Waals surface area contributed by atoms with Crippen molar-refractivity contribution in [3.05, 3.63) is 29.3 Å². The molecule has 0 aliphatic heterocycles. The standard InChI is InChI=1S/C13H18N2OS/c1-9(3-5-16-2)13(14)10-7-12-11(15-8-10)4-6-17-12/h4,6-9,13H,3,5,14H2,1-2H3. The Labute approximate surface area is 106 Å². The maximum atomic E-state index is 6.25. The van der Waals surface area contributed by atoms with Crippen LogP contribution in [0.2, 0.25) is 0 Å². The van der Waals surface area contributed by atoms with Crippen LogP contribution < -0.4 is 5.73 Å². The molecule has 0 aromatic carbocycles. The van der Waals surface area contributed by atoms with E-state index in [1.165, 1.54) is 4.70 Å². The average molecular weight is 250 g/mol. The number of hydrogen-bond acceptors (Lipinski definition) is 4. The van der Waals surface area contributed by atoms with Crippen molar-refractivity contribution >= 4 is 21.6 Å². The molecule has 0 bridgehead atoms. The first-order valence-electron chi connectivity index (χ1n) is 5.80. The van der Waals surface area contributed by atoms with Crippen LogP contribution in [0.4, 0.5) is 0 Å². The van der Waals surface area contributed by atoms with Gasteiger partial charge in [-0.05, 0) is 35.4 Å². The van der Waals surface area contributed by atoms with Crippen LogP contribution in [-0.4, -0.2) is 18.7 Å². The third-order valence-electron chi connectivity index (χ3n) is 3.10. The van der Waals surface area contributed by atoms with E-state index in [2.05, 4.69) is 23.4 Å². The highest BCUT2D eigenvalue weighted by Gasteiger charge is 2.15. The SMILES string of the molecule is COCCC(C)C(N)c1cnc2ccsc2c1. The van der Waals surface area contributed by atoms with Crippen LogP contribution in [0.3, 0.4) is 0 Å². The molecule has 2 rings (SSSR count). The number of pyridine rings is 1. The number of hydrogen-bond donors (Lipinski definition) is 1. The molecule has 0 aliphatic carbocycles. The lowest BCUT2D eigenvalue weighted by Gasteiger charge is -2.19. The number of ether oxygens (including phenoxy) is 1. The molecule has 17 heavy (non-hydrogen) atoms. The third-order valence-corrected chi connectivity index (χ3v) is 3.95. The van der Waals surface area contributed by atoms with Crippen molar-refractivity contribution in [2.75, 3.05) is 13.7 Å². The maximum absolute atomic E-state index is 6.25. The van der Waals surface area contributed by atoms with E-state index in [-0.39, 0.29) is 6.04 Å². The Morgan fingerprint density at radius 2 is 2.35 bits per heavy atom. The van der Waals surface area contributed by atoms with E-state index in [1.54, 1.807) is 18.4 Å². The highest BCUT2D eigenvalue weighted by atomic mass is 32.1. The first kappa shape index (κ1) is 12.5. The summed E-state index contributed by atoms with van der Waals surface area (Å²) in [5, 5.41) is 2.06. The summed E-state index contributed by atoms with van der Waals surface area (Å²) in [6, 6.07) is 4.22. The topological polar surface area (TPSA) is 48.1 Å². The van der Waals surface area contributed by atoms with E-state index in [4.69, 9.17) is 10.5 Å². The van der Waals surface area contributed by atoms with Crippen molar-refractivity contribution < 1.29 is 4.74 Å². The fraction of sp³-hybridized carbons (Fsp3) is 0.462. The fourth-order valence-electron chi connectivity index (χ4n) is 1.86. The predicted octanol–water partition coefficient (Wildman–Crippen LogP) is 2.97. The predicted molar refractivity (Wildman–Crippen MR) is 72.2 cm³/mol. The molecule has 0 saturated heterocycles. The lowest BCUT2D eigenvalue weighted by atomic mass is 9.94. The molecule has 0 saturated carbocycles. The first-order chi connectivity index (χ1) is 8.22. The Bertz CT molecular complexity index is 483. The molecular formula is C13H18N2OS. The minimum Gasteiger partial charge on any atom is -0.385 e. The fourth-order valence-corrected chi connectivity index (χ4v) is 2.64. The monoisotopic (exact) mass is 250 g/mol. The number of nitrogens with two attached hydrogens (primary N) is 1. The Balaban J connectivity index is 2.14. The molecule has 2 N–H and O–H groups in total. The zero-order valence-electron chi connectivity index (χ0n) is 10.2. The molecule has 4 heteroatoms. The van der Waals surface area contributed by atoms with E-state index in [0.717, 1.165) is 24.1 Å². The largest absolute Gasteiger partial charge is 0.385 e. The van der Waals surface area contributed by atoms with Crippen LogP contribution in [0.5, 0.6) is 0 Å². The quantitative estimate of drug-likeness (QED) is 0.887. The molecule has 2 aromatic rings. The zero-order chi connectivity index (χ0) is 12.3. The van der Waals surface area contributed by atoms with Gasteiger partial charge in [-0.2, -0.15) is 0 Å². The molecular weight excluding hydrogens is 232 g/mol. The first-order valence-corrected chi connectivity index (χ1v) is 6.68. The van der Waals surface area contributed by atoms with Crippen molar-refractivity contribution in [2.24, 2.45) is 11.7 Å². The van der Waals surface area contributed by atoms with Crippen LogP contribution in [0, 0.1) is 5.92 Å². The van der Waals surface area contributed by atoms with Gasteiger partial charge >= 0.3 is 0 Å². The van der Waals surface area contributed by atoms with E-state index in [9.17, 15) is 0 Å². The molecule has 2 atom stereocenters. The summed E-state index contributed by atoms with van der Waals surface area (Å²) in [7, 11) is 1.72. The minimum atomic E-state index is 0.0316. The third kappa shape index (κ3) is 2.83. The summed E-state index contributed by atoms with van der Waals surface area (Å²) in [6.07, 6.45) is 2.86. The Morgan fingerprint density at radius 1 is 1.53 bits per heavy atom.